The standard InChI is InChI=1S/C6H6Cl4F4O/c1-2(15)4(11,12)6(9,10)5(13,14)3(7)8/h2-3,15H,1H3. The summed E-state index contributed by atoms with van der Waals surface area (Å²) in [5, 5.41) is 8.62. The zero-order valence-corrected chi connectivity index (χ0v) is 10.1. The first kappa shape index (κ1) is 15.8. The van der Waals surface area contributed by atoms with Gasteiger partial charge in [-0.05, 0) is 6.92 Å². The molecule has 0 spiro atoms. The Morgan fingerprint density at radius 2 is 1.33 bits per heavy atom. The highest BCUT2D eigenvalue weighted by atomic mass is 35.5. The zero-order valence-electron chi connectivity index (χ0n) is 7.13. The number of halogens is 8. The monoisotopic (exact) mass is 310 g/mol. The molecule has 0 heterocycles. The van der Waals surface area contributed by atoms with E-state index in [1.165, 1.54) is 0 Å². The van der Waals surface area contributed by atoms with Gasteiger partial charge in [0.15, 0.2) is 4.84 Å². The van der Waals surface area contributed by atoms with Crippen LogP contribution in [0.4, 0.5) is 17.6 Å². The van der Waals surface area contributed by atoms with Gasteiger partial charge in [0, 0.05) is 0 Å². The van der Waals surface area contributed by atoms with Gasteiger partial charge in [-0.3, -0.25) is 0 Å². The molecule has 0 aliphatic rings. The Kier molecular flexibility index (Phi) is 4.86. The van der Waals surface area contributed by atoms with E-state index < -0.39 is 27.1 Å². The molecule has 0 aliphatic heterocycles. The van der Waals surface area contributed by atoms with Gasteiger partial charge in [0.1, 0.15) is 6.10 Å². The van der Waals surface area contributed by atoms with Crippen LogP contribution in [0.5, 0.6) is 0 Å². The summed E-state index contributed by atoms with van der Waals surface area (Å²) < 4.78 is 48.4. The van der Waals surface area contributed by atoms with Gasteiger partial charge < -0.3 is 5.11 Å². The van der Waals surface area contributed by atoms with Crippen LogP contribution in [0, 0.1) is 0 Å². The van der Waals surface area contributed by atoms with Gasteiger partial charge in [-0.1, -0.05) is 46.4 Å². The lowest BCUT2D eigenvalue weighted by Gasteiger charge is -2.37. The normalized spacial score (nSPS) is 17.0. The summed E-state index contributed by atoms with van der Waals surface area (Å²) in [4.78, 5) is -2.53. The number of rotatable bonds is 4. The van der Waals surface area contributed by atoms with Crippen LogP contribution in [-0.2, 0) is 0 Å². The molecule has 1 N–H and O–H groups in total. The Morgan fingerprint density at radius 1 is 1.00 bits per heavy atom. The molecule has 0 amide bonds. The van der Waals surface area contributed by atoms with E-state index >= 15 is 0 Å². The predicted octanol–water partition coefficient (Wildman–Crippen LogP) is 3.62. The van der Waals surface area contributed by atoms with Crippen molar-refractivity contribution in [1.29, 1.82) is 0 Å². The van der Waals surface area contributed by atoms with Crippen LogP contribution < -0.4 is 0 Å². The minimum Gasteiger partial charge on any atom is -0.387 e. The second kappa shape index (κ2) is 4.61. The van der Waals surface area contributed by atoms with Crippen molar-refractivity contribution in [3.8, 4) is 0 Å². The molecule has 0 aromatic rings. The third kappa shape index (κ3) is 2.57. The molecular weight excluding hydrogens is 306 g/mol. The lowest BCUT2D eigenvalue weighted by molar-refractivity contribution is -0.165. The number of hydrogen-bond donors (Lipinski definition) is 1. The second-order valence-electron chi connectivity index (χ2n) is 2.80. The smallest absolute Gasteiger partial charge is 0.316 e. The SMILES string of the molecule is CC(O)C(F)(F)C(Cl)(Cl)C(F)(F)C(Cl)Cl. The van der Waals surface area contributed by atoms with Crippen LogP contribution in [0.15, 0.2) is 0 Å². The molecule has 1 unspecified atom stereocenters. The minimum absolute atomic E-state index is 0.563. The van der Waals surface area contributed by atoms with Crippen molar-refractivity contribution in [2.24, 2.45) is 0 Å². The van der Waals surface area contributed by atoms with Crippen LogP contribution in [0.1, 0.15) is 6.92 Å². The largest absolute Gasteiger partial charge is 0.387 e. The maximum atomic E-state index is 13.1. The van der Waals surface area contributed by atoms with Gasteiger partial charge >= 0.3 is 11.8 Å². The second-order valence-corrected chi connectivity index (χ2v) is 5.22. The summed E-state index contributed by atoms with van der Waals surface area (Å²) in [6.45, 7) is 0.563. The Balaban J connectivity index is 5.30. The molecule has 1 atom stereocenters. The van der Waals surface area contributed by atoms with Gasteiger partial charge in [0.05, 0.1) is 0 Å². The van der Waals surface area contributed by atoms with E-state index in [-0.39, 0.29) is 0 Å². The van der Waals surface area contributed by atoms with Crippen molar-refractivity contribution >= 4 is 46.4 Å². The molecule has 0 saturated heterocycles. The molecule has 0 aliphatic carbocycles. The van der Waals surface area contributed by atoms with Crippen LogP contribution >= 0.6 is 46.4 Å². The highest BCUT2D eigenvalue weighted by Crippen LogP contribution is 2.53. The fourth-order valence-electron chi connectivity index (χ4n) is 0.622. The van der Waals surface area contributed by atoms with Crippen molar-refractivity contribution < 1.29 is 22.7 Å². The molecule has 0 radical (unpaired) electrons. The van der Waals surface area contributed by atoms with Crippen LogP contribution in [0.2, 0.25) is 0 Å². The highest BCUT2D eigenvalue weighted by Gasteiger charge is 2.71. The molecule has 9 heteroatoms. The summed E-state index contributed by atoms with van der Waals surface area (Å²) >= 11 is 19.3. The molecule has 0 aromatic carbocycles. The van der Waals surface area contributed by atoms with Gasteiger partial charge in [0.25, 0.3) is 0 Å². The highest BCUT2D eigenvalue weighted by molar-refractivity contribution is 6.52. The fraction of sp³-hybridized carbons (Fsp3) is 1.00. The average Bonchev–Trinajstić information content (AvgIpc) is 2.02. The van der Waals surface area contributed by atoms with E-state index in [0.717, 1.165) is 0 Å². The van der Waals surface area contributed by atoms with Crippen molar-refractivity contribution in [1.82, 2.24) is 0 Å². The maximum absolute atomic E-state index is 13.1. The number of hydrogen-bond acceptors (Lipinski definition) is 1. The first-order valence-electron chi connectivity index (χ1n) is 3.48. The van der Waals surface area contributed by atoms with Gasteiger partial charge in [-0.2, -0.15) is 8.78 Å². The molecule has 92 valence electrons. The van der Waals surface area contributed by atoms with Gasteiger partial charge in [-0.25, -0.2) is 8.78 Å². The summed E-state index contributed by atoms with van der Waals surface area (Å²) in [6.07, 6.45) is -2.48. The summed E-state index contributed by atoms with van der Waals surface area (Å²) in [5.41, 5.74) is 0. The molecule has 0 fully saturated rings. The molecule has 0 bridgehead atoms. The minimum atomic E-state index is -4.49. The summed E-state index contributed by atoms with van der Waals surface area (Å²) in [5.74, 6) is -8.96. The molecule has 0 rings (SSSR count). The number of aliphatic hydroxyl groups excluding tert-OH is 1. The average molecular weight is 312 g/mol. The third-order valence-corrected chi connectivity index (χ3v) is 3.19. The summed E-state index contributed by atoms with van der Waals surface area (Å²) in [7, 11) is 0. The fourth-order valence-corrected chi connectivity index (χ4v) is 1.71. The molecule has 15 heavy (non-hydrogen) atoms. The number of alkyl halides is 8. The first-order valence-corrected chi connectivity index (χ1v) is 5.11. The van der Waals surface area contributed by atoms with Crippen LogP contribution in [0.3, 0.4) is 0 Å². The first-order chi connectivity index (χ1) is 6.39. The Hall–Kier alpha value is 0.840. The van der Waals surface area contributed by atoms with Crippen LogP contribution in [0.25, 0.3) is 0 Å². The summed E-state index contributed by atoms with van der Waals surface area (Å²) in [6, 6.07) is 0. The van der Waals surface area contributed by atoms with Crippen LogP contribution in [-0.4, -0.2) is 32.2 Å². The van der Waals surface area contributed by atoms with E-state index in [4.69, 9.17) is 51.5 Å². The van der Waals surface area contributed by atoms with E-state index in [1.54, 1.807) is 0 Å². The topological polar surface area (TPSA) is 20.2 Å². The molecule has 0 aromatic heterocycles. The third-order valence-electron chi connectivity index (χ3n) is 1.64. The van der Waals surface area contributed by atoms with E-state index in [0.29, 0.717) is 6.92 Å². The lowest BCUT2D eigenvalue weighted by atomic mass is 10.1. The van der Waals surface area contributed by atoms with Crippen molar-refractivity contribution in [3.63, 3.8) is 0 Å². The van der Waals surface area contributed by atoms with Crippen molar-refractivity contribution in [3.05, 3.63) is 0 Å². The Bertz CT molecular complexity index is 209. The van der Waals surface area contributed by atoms with E-state index in [1.807, 2.05) is 0 Å². The Labute approximate surface area is 103 Å². The van der Waals surface area contributed by atoms with Crippen molar-refractivity contribution in [2.75, 3.05) is 0 Å². The van der Waals surface area contributed by atoms with E-state index in [9.17, 15) is 17.6 Å². The van der Waals surface area contributed by atoms with Gasteiger partial charge in [0.2, 0.25) is 4.33 Å². The number of aliphatic hydroxyl groups is 1. The lowest BCUT2D eigenvalue weighted by Crippen LogP contribution is -2.59. The quantitative estimate of drug-likeness (QED) is 0.621. The van der Waals surface area contributed by atoms with E-state index in [2.05, 4.69) is 0 Å². The molecule has 1 nitrogen and oxygen atoms in total. The molecular formula is C6H6Cl4F4O. The van der Waals surface area contributed by atoms with Crippen molar-refractivity contribution in [2.45, 2.75) is 34.0 Å². The Morgan fingerprint density at radius 3 is 1.53 bits per heavy atom. The molecule has 0 saturated carbocycles. The maximum Gasteiger partial charge on any atom is 0.316 e. The predicted molar refractivity (Wildman–Crippen MR) is 51.5 cm³/mol. The van der Waals surface area contributed by atoms with Gasteiger partial charge in [-0.15, -0.1) is 0 Å². The zero-order chi connectivity index (χ0) is 12.7.